The van der Waals surface area contributed by atoms with Crippen molar-refractivity contribution in [3.05, 3.63) is 145 Å². The molecule has 0 bridgehead atoms. The van der Waals surface area contributed by atoms with Crippen LogP contribution in [0.3, 0.4) is 0 Å². The van der Waals surface area contributed by atoms with E-state index in [1.807, 2.05) is 54.7 Å². The van der Waals surface area contributed by atoms with Crippen molar-refractivity contribution < 1.29 is 9.84 Å². The van der Waals surface area contributed by atoms with Crippen LogP contribution in [0.1, 0.15) is 26.3 Å². The first kappa shape index (κ1) is 28.5. The number of nitrogens with zero attached hydrogens (tertiary/aromatic N) is 3. The van der Waals surface area contributed by atoms with Crippen LogP contribution >= 0.6 is 0 Å². The Labute approximate surface area is 273 Å². The lowest BCUT2D eigenvalue weighted by Gasteiger charge is -2.21. The Kier molecular flexibility index (Phi) is 6.76. The molecular weight excluding hydrogens is 578 g/mol. The molecule has 5 nitrogen and oxygen atoms in total. The van der Waals surface area contributed by atoms with Crippen LogP contribution in [0.15, 0.2) is 140 Å². The Bertz CT molecular complexity index is 2420. The third-order valence-corrected chi connectivity index (χ3v) is 8.77. The fourth-order valence-corrected chi connectivity index (χ4v) is 6.49. The van der Waals surface area contributed by atoms with Crippen LogP contribution in [0.5, 0.6) is 17.4 Å². The number of pyridine rings is 2. The maximum absolute atomic E-state index is 10.7. The molecule has 0 saturated heterocycles. The van der Waals surface area contributed by atoms with Gasteiger partial charge in [0.2, 0.25) is 5.88 Å². The molecule has 5 aromatic carbocycles. The van der Waals surface area contributed by atoms with E-state index in [2.05, 4.69) is 104 Å². The van der Waals surface area contributed by atoms with Crippen molar-refractivity contribution in [1.29, 1.82) is 0 Å². The van der Waals surface area contributed by atoms with Crippen molar-refractivity contribution in [3.63, 3.8) is 0 Å². The zero-order valence-corrected chi connectivity index (χ0v) is 26.5. The second kappa shape index (κ2) is 11.1. The molecule has 0 fully saturated rings. The van der Waals surface area contributed by atoms with Crippen LogP contribution in [-0.2, 0) is 5.41 Å². The van der Waals surface area contributed by atoms with Crippen molar-refractivity contribution in [1.82, 2.24) is 14.5 Å². The molecule has 1 N–H and O–H groups in total. The number of hydrogen-bond donors (Lipinski definition) is 1. The topological polar surface area (TPSA) is 60.2 Å². The summed E-state index contributed by atoms with van der Waals surface area (Å²) in [6.45, 7) is 6.47. The molecule has 8 rings (SSSR count). The quantitative estimate of drug-likeness (QED) is 0.210. The number of hydrogen-bond acceptors (Lipinski definition) is 4. The molecule has 0 amide bonds. The molecule has 0 aliphatic heterocycles. The maximum Gasteiger partial charge on any atom is 0.219 e. The lowest BCUT2D eigenvalue weighted by atomic mass is 9.84. The normalized spacial score (nSPS) is 11.8. The highest BCUT2D eigenvalue weighted by molar-refractivity contribution is 6.10. The van der Waals surface area contributed by atoms with Crippen molar-refractivity contribution in [2.24, 2.45) is 0 Å². The van der Waals surface area contributed by atoms with E-state index in [4.69, 9.17) is 14.7 Å². The van der Waals surface area contributed by atoms with E-state index >= 15 is 0 Å². The van der Waals surface area contributed by atoms with Crippen molar-refractivity contribution in [2.45, 2.75) is 26.2 Å². The molecule has 3 aromatic heterocycles. The lowest BCUT2D eigenvalue weighted by molar-refractivity contribution is 0.460. The summed E-state index contributed by atoms with van der Waals surface area (Å²) >= 11 is 0. The van der Waals surface area contributed by atoms with Gasteiger partial charge in [0.05, 0.1) is 11.0 Å². The summed E-state index contributed by atoms with van der Waals surface area (Å²) in [5.74, 6) is 2.01. The minimum Gasteiger partial charge on any atom is -0.506 e. The minimum atomic E-state index is -0.0965. The van der Waals surface area contributed by atoms with E-state index in [9.17, 15) is 5.11 Å². The van der Waals surface area contributed by atoms with Crippen molar-refractivity contribution in [3.8, 4) is 45.5 Å². The van der Waals surface area contributed by atoms with E-state index in [1.165, 1.54) is 5.56 Å². The number of fused-ring (bicyclic) bond motifs is 4. The molecule has 228 valence electrons. The highest BCUT2D eigenvalue weighted by Crippen LogP contribution is 2.39. The number of phenols is 1. The van der Waals surface area contributed by atoms with Crippen molar-refractivity contribution in [2.75, 3.05) is 0 Å². The summed E-state index contributed by atoms with van der Waals surface area (Å²) in [4.78, 5) is 9.60. The molecule has 0 aliphatic rings. The largest absolute Gasteiger partial charge is 0.506 e. The second-order valence-electron chi connectivity index (χ2n) is 12.9. The van der Waals surface area contributed by atoms with E-state index in [-0.39, 0.29) is 11.2 Å². The van der Waals surface area contributed by atoms with E-state index in [1.54, 1.807) is 6.07 Å². The number of phenolic OH excluding ortho intramolecular Hbond substituents is 1. The molecule has 0 aliphatic carbocycles. The highest BCUT2D eigenvalue weighted by atomic mass is 16.5. The number of benzene rings is 5. The average Bonchev–Trinajstić information content (AvgIpc) is 3.42. The van der Waals surface area contributed by atoms with Gasteiger partial charge in [0.25, 0.3) is 0 Å². The zero-order chi connectivity index (χ0) is 32.1. The molecule has 0 spiro atoms. The molecule has 5 heteroatoms. The highest BCUT2D eigenvalue weighted by Gasteiger charge is 2.20. The maximum atomic E-state index is 10.7. The standard InChI is InChI=1S/C42H33N3O2/c1-42(2,3)35-18-20-38(46)41-33(35)17-21-40(44-41)47-31-15-16-32-34-24-29(27-10-6-4-7-11-27)14-19-36(34)45(37(32)26-31)39-25-30(22-23-43-39)28-12-8-5-9-13-28/h4-26,46H,1-3H3. The zero-order valence-electron chi connectivity index (χ0n) is 26.5. The fourth-order valence-electron chi connectivity index (χ4n) is 6.49. The van der Waals surface area contributed by atoms with Gasteiger partial charge in [-0.2, -0.15) is 0 Å². The SMILES string of the molecule is CC(C)(C)c1ccc(O)c2nc(Oc3ccc4c5cc(-c6ccccc6)ccc5n(-c5cc(-c6ccccc6)ccn5)c4c3)ccc12. The molecule has 47 heavy (non-hydrogen) atoms. The van der Waals surface area contributed by atoms with Gasteiger partial charge in [-0.25, -0.2) is 9.97 Å². The van der Waals surface area contributed by atoms with Crippen LogP contribution in [0.2, 0.25) is 0 Å². The summed E-state index contributed by atoms with van der Waals surface area (Å²) in [6.07, 6.45) is 1.87. The predicted octanol–water partition coefficient (Wildman–Crippen LogP) is 10.9. The van der Waals surface area contributed by atoms with Gasteiger partial charge >= 0.3 is 0 Å². The molecule has 0 radical (unpaired) electrons. The van der Waals surface area contributed by atoms with Crippen LogP contribution in [0.4, 0.5) is 0 Å². The number of aromatic hydroxyl groups is 1. The van der Waals surface area contributed by atoms with Gasteiger partial charge in [-0.1, -0.05) is 93.6 Å². The molecule has 0 unspecified atom stereocenters. The summed E-state index contributed by atoms with van der Waals surface area (Å²) in [5, 5.41) is 13.9. The first-order chi connectivity index (χ1) is 22.8. The van der Waals surface area contributed by atoms with Gasteiger partial charge in [0.1, 0.15) is 22.8 Å². The van der Waals surface area contributed by atoms with Gasteiger partial charge in [-0.05, 0) is 81.8 Å². The summed E-state index contributed by atoms with van der Waals surface area (Å²) < 4.78 is 8.59. The second-order valence-corrected chi connectivity index (χ2v) is 12.9. The van der Waals surface area contributed by atoms with Gasteiger partial charge in [0, 0.05) is 34.5 Å². The monoisotopic (exact) mass is 611 g/mol. The van der Waals surface area contributed by atoms with Crippen LogP contribution < -0.4 is 4.74 Å². The van der Waals surface area contributed by atoms with Gasteiger partial charge in [0.15, 0.2) is 0 Å². The van der Waals surface area contributed by atoms with Gasteiger partial charge < -0.3 is 9.84 Å². The van der Waals surface area contributed by atoms with Gasteiger partial charge in [-0.3, -0.25) is 4.57 Å². The van der Waals surface area contributed by atoms with E-state index < -0.39 is 0 Å². The summed E-state index contributed by atoms with van der Waals surface area (Å²) in [7, 11) is 0. The van der Waals surface area contributed by atoms with Crippen molar-refractivity contribution >= 4 is 32.7 Å². The summed E-state index contributed by atoms with van der Waals surface area (Å²) in [6, 6.07) is 45.2. The van der Waals surface area contributed by atoms with Gasteiger partial charge in [-0.15, -0.1) is 0 Å². The van der Waals surface area contributed by atoms with Crippen LogP contribution in [0, 0.1) is 0 Å². The molecule has 0 saturated carbocycles. The summed E-state index contributed by atoms with van der Waals surface area (Å²) in [5.41, 5.74) is 8.12. The van der Waals surface area contributed by atoms with Crippen LogP contribution in [-0.4, -0.2) is 19.6 Å². The van der Waals surface area contributed by atoms with E-state index in [0.29, 0.717) is 17.1 Å². The Morgan fingerprint density at radius 3 is 2.02 bits per heavy atom. The smallest absolute Gasteiger partial charge is 0.219 e. The Morgan fingerprint density at radius 1 is 0.596 bits per heavy atom. The molecule has 8 aromatic rings. The first-order valence-electron chi connectivity index (χ1n) is 15.8. The Morgan fingerprint density at radius 2 is 1.30 bits per heavy atom. The Balaban J connectivity index is 1.29. The minimum absolute atomic E-state index is 0.0965. The molecular formula is C42H33N3O2. The molecule has 3 heterocycles. The van der Waals surface area contributed by atoms with Crippen LogP contribution in [0.25, 0.3) is 60.8 Å². The Hall–Kier alpha value is -5.94. The average molecular weight is 612 g/mol. The fraction of sp³-hybridized carbons (Fsp3) is 0.0952. The number of rotatable bonds is 5. The predicted molar refractivity (Wildman–Crippen MR) is 192 cm³/mol. The first-order valence-corrected chi connectivity index (χ1v) is 15.8. The van der Waals surface area contributed by atoms with E-state index in [0.717, 1.165) is 55.3 Å². The third kappa shape index (κ3) is 5.16. The number of ether oxygens (including phenoxy) is 1. The lowest BCUT2D eigenvalue weighted by Crippen LogP contribution is -2.11. The number of aromatic nitrogens is 3. The molecule has 0 atom stereocenters. The third-order valence-electron chi connectivity index (χ3n) is 8.77.